The van der Waals surface area contributed by atoms with Crippen molar-refractivity contribution in [2.75, 3.05) is 13.1 Å². The summed E-state index contributed by atoms with van der Waals surface area (Å²) in [5, 5.41) is 9.56. The molecule has 1 unspecified atom stereocenters. The van der Waals surface area contributed by atoms with Crippen LogP contribution >= 0.6 is 0 Å². The highest BCUT2D eigenvalue weighted by molar-refractivity contribution is 5.86. The van der Waals surface area contributed by atoms with Crippen molar-refractivity contribution in [1.82, 2.24) is 4.90 Å². The first kappa shape index (κ1) is 16.5. The number of aryl methyl sites for hydroxylation is 2. The van der Waals surface area contributed by atoms with E-state index < -0.39 is 11.9 Å². The lowest BCUT2D eigenvalue weighted by molar-refractivity contribution is -0.143. The van der Waals surface area contributed by atoms with Crippen LogP contribution in [0.2, 0.25) is 0 Å². The fraction of sp³-hybridized carbons (Fsp3) is 0.556. The van der Waals surface area contributed by atoms with Gasteiger partial charge in [0.05, 0.1) is 5.92 Å². The number of rotatable bonds is 4. The van der Waals surface area contributed by atoms with Crippen molar-refractivity contribution in [3.63, 3.8) is 0 Å². The first-order valence-electron chi connectivity index (χ1n) is 7.96. The Balaban J connectivity index is 2.14. The molecule has 0 spiro atoms. The second-order valence-electron chi connectivity index (χ2n) is 6.52. The Morgan fingerprint density at radius 1 is 1.27 bits per heavy atom. The summed E-state index contributed by atoms with van der Waals surface area (Å²) in [4.78, 5) is 25.9. The second kappa shape index (κ2) is 6.95. The number of hydrogen-bond donors (Lipinski definition) is 1. The average molecular weight is 303 g/mol. The van der Waals surface area contributed by atoms with Gasteiger partial charge in [-0.2, -0.15) is 0 Å². The molecule has 120 valence electrons. The van der Waals surface area contributed by atoms with Crippen LogP contribution in [0.5, 0.6) is 0 Å². The SMILES string of the molecule is Cc1ccc(C)c(C(CC(=O)N2CCC(C)CC2)C(=O)O)c1. The molecule has 1 aromatic carbocycles. The van der Waals surface area contributed by atoms with Crippen LogP contribution in [0.15, 0.2) is 18.2 Å². The van der Waals surface area contributed by atoms with Crippen LogP contribution in [0, 0.1) is 19.8 Å². The third kappa shape index (κ3) is 3.87. The van der Waals surface area contributed by atoms with E-state index in [9.17, 15) is 14.7 Å². The molecular weight excluding hydrogens is 278 g/mol. The van der Waals surface area contributed by atoms with Crippen molar-refractivity contribution in [3.05, 3.63) is 34.9 Å². The maximum Gasteiger partial charge on any atom is 0.311 e. The Bertz CT molecular complexity index is 559. The van der Waals surface area contributed by atoms with Gasteiger partial charge in [-0.1, -0.05) is 30.7 Å². The fourth-order valence-electron chi connectivity index (χ4n) is 3.03. The highest BCUT2D eigenvalue weighted by atomic mass is 16.4. The number of carboxylic acids is 1. The van der Waals surface area contributed by atoms with Crippen molar-refractivity contribution in [2.24, 2.45) is 5.92 Å². The van der Waals surface area contributed by atoms with Crippen LogP contribution in [0.4, 0.5) is 0 Å². The number of aliphatic carboxylic acids is 1. The third-order valence-electron chi connectivity index (χ3n) is 4.62. The van der Waals surface area contributed by atoms with Crippen molar-refractivity contribution in [1.29, 1.82) is 0 Å². The zero-order chi connectivity index (χ0) is 16.3. The number of likely N-dealkylation sites (tertiary alicyclic amines) is 1. The Kier molecular flexibility index (Phi) is 5.22. The van der Waals surface area contributed by atoms with Crippen LogP contribution in [0.25, 0.3) is 0 Å². The monoisotopic (exact) mass is 303 g/mol. The molecule has 1 aliphatic heterocycles. The van der Waals surface area contributed by atoms with E-state index in [2.05, 4.69) is 6.92 Å². The molecule has 1 aromatic rings. The Labute approximate surface area is 132 Å². The summed E-state index contributed by atoms with van der Waals surface area (Å²) in [6.07, 6.45) is 2.06. The van der Waals surface area contributed by atoms with E-state index in [4.69, 9.17) is 0 Å². The topological polar surface area (TPSA) is 57.6 Å². The molecular formula is C18H25NO3. The summed E-state index contributed by atoms with van der Waals surface area (Å²) in [7, 11) is 0. The van der Waals surface area contributed by atoms with Gasteiger partial charge in [-0.25, -0.2) is 0 Å². The molecule has 1 heterocycles. The van der Waals surface area contributed by atoms with Gasteiger partial charge in [0.2, 0.25) is 5.91 Å². The molecule has 4 nitrogen and oxygen atoms in total. The van der Waals surface area contributed by atoms with E-state index in [0.717, 1.165) is 42.6 Å². The number of benzene rings is 1. The van der Waals surface area contributed by atoms with E-state index >= 15 is 0 Å². The molecule has 1 aliphatic rings. The van der Waals surface area contributed by atoms with Crippen LogP contribution in [-0.2, 0) is 9.59 Å². The number of nitrogens with zero attached hydrogens (tertiary/aromatic N) is 1. The van der Waals surface area contributed by atoms with E-state index in [1.165, 1.54) is 0 Å². The Hall–Kier alpha value is -1.84. The number of carbonyl (C=O) groups is 2. The van der Waals surface area contributed by atoms with E-state index in [1.807, 2.05) is 36.9 Å². The molecule has 0 radical (unpaired) electrons. The summed E-state index contributed by atoms with van der Waals surface area (Å²) >= 11 is 0. The Morgan fingerprint density at radius 2 is 1.91 bits per heavy atom. The van der Waals surface area contributed by atoms with Gasteiger partial charge >= 0.3 is 5.97 Å². The Morgan fingerprint density at radius 3 is 2.50 bits per heavy atom. The van der Waals surface area contributed by atoms with E-state index in [0.29, 0.717) is 5.92 Å². The number of carbonyl (C=O) groups excluding carboxylic acids is 1. The smallest absolute Gasteiger partial charge is 0.311 e. The van der Waals surface area contributed by atoms with Gasteiger partial charge in [0.1, 0.15) is 0 Å². The first-order chi connectivity index (χ1) is 10.4. The molecule has 0 bridgehead atoms. The standard InChI is InChI=1S/C18H25NO3/c1-12-6-8-19(9-7-12)17(20)11-16(18(21)22)15-10-13(2)4-5-14(15)3/h4-5,10,12,16H,6-9,11H2,1-3H3,(H,21,22). The molecule has 1 saturated heterocycles. The van der Waals surface area contributed by atoms with Crippen LogP contribution in [0.3, 0.4) is 0 Å². The second-order valence-corrected chi connectivity index (χ2v) is 6.52. The number of piperidine rings is 1. The minimum atomic E-state index is -0.924. The van der Waals surface area contributed by atoms with E-state index in [-0.39, 0.29) is 12.3 Å². The fourth-order valence-corrected chi connectivity index (χ4v) is 3.03. The number of carboxylic acid groups (broad SMARTS) is 1. The lowest BCUT2D eigenvalue weighted by Crippen LogP contribution is -2.39. The summed E-state index contributed by atoms with van der Waals surface area (Å²) in [6, 6.07) is 5.78. The minimum absolute atomic E-state index is 0.0415. The molecule has 22 heavy (non-hydrogen) atoms. The van der Waals surface area contributed by atoms with Crippen LogP contribution < -0.4 is 0 Å². The molecule has 0 aliphatic carbocycles. The van der Waals surface area contributed by atoms with Gasteiger partial charge < -0.3 is 10.0 Å². The summed E-state index contributed by atoms with van der Waals surface area (Å²) in [5.74, 6) is -1.07. The minimum Gasteiger partial charge on any atom is -0.481 e. The predicted octanol–water partition coefficient (Wildman–Crippen LogP) is 3.12. The normalized spacial score (nSPS) is 17.3. The van der Waals surface area contributed by atoms with Crippen molar-refractivity contribution in [2.45, 2.75) is 46.0 Å². The van der Waals surface area contributed by atoms with Crippen molar-refractivity contribution < 1.29 is 14.7 Å². The van der Waals surface area contributed by atoms with E-state index in [1.54, 1.807) is 0 Å². The molecule has 4 heteroatoms. The molecule has 1 fully saturated rings. The maximum atomic E-state index is 12.5. The van der Waals surface area contributed by atoms with Gasteiger partial charge in [-0.3, -0.25) is 9.59 Å². The third-order valence-corrected chi connectivity index (χ3v) is 4.62. The highest BCUT2D eigenvalue weighted by Gasteiger charge is 2.28. The summed E-state index contributed by atoms with van der Waals surface area (Å²) in [6.45, 7) is 7.53. The average Bonchev–Trinajstić information content (AvgIpc) is 2.47. The zero-order valence-electron chi connectivity index (χ0n) is 13.6. The van der Waals surface area contributed by atoms with Crippen molar-refractivity contribution >= 4 is 11.9 Å². The molecule has 1 atom stereocenters. The molecule has 0 aromatic heterocycles. The number of hydrogen-bond acceptors (Lipinski definition) is 2. The summed E-state index contributed by atoms with van der Waals surface area (Å²) in [5.41, 5.74) is 2.70. The van der Waals surface area contributed by atoms with Crippen LogP contribution in [-0.4, -0.2) is 35.0 Å². The first-order valence-corrected chi connectivity index (χ1v) is 7.96. The molecule has 1 amide bonds. The molecule has 0 saturated carbocycles. The quantitative estimate of drug-likeness (QED) is 0.929. The largest absolute Gasteiger partial charge is 0.481 e. The van der Waals surface area contributed by atoms with Crippen molar-refractivity contribution in [3.8, 4) is 0 Å². The summed E-state index contributed by atoms with van der Waals surface area (Å²) < 4.78 is 0. The molecule has 2 rings (SSSR count). The van der Waals surface area contributed by atoms with Gasteiger partial charge in [0.25, 0.3) is 0 Å². The molecule has 1 N–H and O–H groups in total. The lowest BCUT2D eigenvalue weighted by Gasteiger charge is -2.31. The highest BCUT2D eigenvalue weighted by Crippen LogP contribution is 2.26. The maximum absolute atomic E-state index is 12.5. The lowest BCUT2D eigenvalue weighted by atomic mass is 9.90. The van der Waals surface area contributed by atoms with Gasteiger partial charge in [0, 0.05) is 19.5 Å². The zero-order valence-corrected chi connectivity index (χ0v) is 13.6. The predicted molar refractivity (Wildman–Crippen MR) is 85.9 cm³/mol. The van der Waals surface area contributed by atoms with Gasteiger partial charge in [-0.15, -0.1) is 0 Å². The van der Waals surface area contributed by atoms with Gasteiger partial charge in [0.15, 0.2) is 0 Å². The van der Waals surface area contributed by atoms with Crippen LogP contribution in [0.1, 0.15) is 48.8 Å². The van der Waals surface area contributed by atoms with Gasteiger partial charge in [-0.05, 0) is 43.7 Å². The number of amides is 1.